The Labute approximate surface area is 235 Å². The van der Waals surface area contributed by atoms with Crippen molar-refractivity contribution < 1.29 is 0 Å². The molecule has 8 rings (SSSR count). The molecule has 8 aromatic rings. The Hall–Kier alpha value is -4.94. The second-order valence-electron chi connectivity index (χ2n) is 10.1. The highest BCUT2D eigenvalue weighted by Crippen LogP contribution is 2.45. The van der Waals surface area contributed by atoms with Gasteiger partial charge in [-0.1, -0.05) is 147 Å². The molecule has 0 bridgehead atoms. The van der Waals surface area contributed by atoms with Gasteiger partial charge in [-0.15, -0.1) is 0 Å². The van der Waals surface area contributed by atoms with Gasteiger partial charge in [0.05, 0.1) is 0 Å². The number of rotatable bonds is 2. The third-order valence-electron chi connectivity index (χ3n) is 8.01. The topological polar surface area (TPSA) is 0 Å². The summed E-state index contributed by atoms with van der Waals surface area (Å²) in [7, 11) is 0. The molecule has 8 aromatic carbocycles. The molecule has 0 unspecified atom stereocenters. The number of benzene rings is 8. The first kappa shape index (κ1) is 24.1. The maximum absolute atomic E-state index is 2.35. The van der Waals surface area contributed by atoms with E-state index in [-0.39, 0.29) is 0 Å². The molecule has 0 spiro atoms. The Kier molecular flexibility index (Phi) is 6.02. The van der Waals surface area contributed by atoms with Crippen molar-refractivity contribution in [3.8, 4) is 22.3 Å². The van der Waals surface area contributed by atoms with Crippen molar-refractivity contribution in [2.45, 2.75) is 13.8 Å². The Morgan fingerprint density at radius 3 is 1.48 bits per heavy atom. The molecule has 0 fully saturated rings. The second kappa shape index (κ2) is 9.98. The van der Waals surface area contributed by atoms with E-state index in [1.54, 1.807) is 0 Å². The monoisotopic (exact) mass is 510 g/mol. The zero-order chi connectivity index (χ0) is 27.1. The molecular weight excluding hydrogens is 480 g/mol. The standard InChI is InChI=1S/C38H24.C2H6/c1-2-11-25(12-3-1)37-32-15-6-8-17-34(32)38(35-18-9-7-16-33(35)37)31-20-10-19-29-30(31)22-21-28-23-26-13-4-5-14-27(26)24-36(28)29;1-2/h1-24H;1-2H3. The Balaban J connectivity index is 0.00000130. The van der Waals surface area contributed by atoms with E-state index in [2.05, 4.69) is 146 Å². The highest BCUT2D eigenvalue weighted by molar-refractivity contribution is 6.25. The molecule has 0 aliphatic carbocycles. The Morgan fingerprint density at radius 2 is 0.825 bits per heavy atom. The van der Waals surface area contributed by atoms with Gasteiger partial charge < -0.3 is 0 Å². The molecule has 0 radical (unpaired) electrons. The molecule has 0 nitrogen and oxygen atoms in total. The molecule has 0 aliphatic heterocycles. The van der Waals surface area contributed by atoms with Gasteiger partial charge in [-0.25, -0.2) is 0 Å². The van der Waals surface area contributed by atoms with Gasteiger partial charge in [0.2, 0.25) is 0 Å². The van der Waals surface area contributed by atoms with Crippen molar-refractivity contribution in [1.82, 2.24) is 0 Å². The summed E-state index contributed by atoms with van der Waals surface area (Å²) < 4.78 is 0. The van der Waals surface area contributed by atoms with Crippen molar-refractivity contribution >= 4 is 53.9 Å². The second-order valence-corrected chi connectivity index (χ2v) is 10.1. The lowest BCUT2D eigenvalue weighted by molar-refractivity contribution is 1.50. The molecule has 0 aromatic heterocycles. The van der Waals surface area contributed by atoms with Crippen LogP contribution < -0.4 is 0 Å². The smallest absolute Gasteiger partial charge is 0.00201 e. The van der Waals surface area contributed by atoms with Gasteiger partial charge >= 0.3 is 0 Å². The van der Waals surface area contributed by atoms with Crippen LogP contribution in [0.4, 0.5) is 0 Å². The summed E-state index contributed by atoms with van der Waals surface area (Å²) in [5.41, 5.74) is 5.14. The predicted octanol–water partition coefficient (Wildman–Crippen LogP) is 11.8. The van der Waals surface area contributed by atoms with Crippen molar-refractivity contribution in [1.29, 1.82) is 0 Å². The number of hydrogen-bond acceptors (Lipinski definition) is 0. The molecule has 0 N–H and O–H groups in total. The van der Waals surface area contributed by atoms with Gasteiger partial charge in [0.1, 0.15) is 0 Å². The van der Waals surface area contributed by atoms with Crippen LogP contribution in [-0.2, 0) is 0 Å². The third-order valence-corrected chi connectivity index (χ3v) is 8.01. The van der Waals surface area contributed by atoms with Crippen LogP contribution in [0.25, 0.3) is 76.1 Å². The first-order valence-corrected chi connectivity index (χ1v) is 14.2. The van der Waals surface area contributed by atoms with Crippen molar-refractivity contribution in [2.24, 2.45) is 0 Å². The quantitative estimate of drug-likeness (QED) is 0.160. The van der Waals surface area contributed by atoms with Crippen LogP contribution in [0.1, 0.15) is 13.8 Å². The molecular formula is C40H30. The van der Waals surface area contributed by atoms with E-state index in [0.29, 0.717) is 0 Å². The van der Waals surface area contributed by atoms with Crippen LogP contribution in [0.3, 0.4) is 0 Å². The summed E-state index contributed by atoms with van der Waals surface area (Å²) in [6.07, 6.45) is 0. The minimum absolute atomic E-state index is 1.25. The summed E-state index contributed by atoms with van der Waals surface area (Å²) in [4.78, 5) is 0. The van der Waals surface area contributed by atoms with E-state index in [1.165, 1.54) is 76.1 Å². The molecule has 0 amide bonds. The van der Waals surface area contributed by atoms with E-state index in [9.17, 15) is 0 Å². The molecule has 40 heavy (non-hydrogen) atoms. The molecule has 0 aliphatic rings. The lowest BCUT2D eigenvalue weighted by Crippen LogP contribution is -1.91. The average molecular weight is 511 g/mol. The highest BCUT2D eigenvalue weighted by Gasteiger charge is 2.18. The SMILES string of the molecule is CC.c1ccc(-c2c3ccccc3c(-c3cccc4c3ccc3cc5ccccc5cc34)c3ccccc23)cc1. The fourth-order valence-electron chi connectivity index (χ4n) is 6.33. The van der Waals surface area contributed by atoms with E-state index >= 15 is 0 Å². The highest BCUT2D eigenvalue weighted by atomic mass is 14.2. The van der Waals surface area contributed by atoms with Crippen molar-refractivity contribution in [2.75, 3.05) is 0 Å². The molecule has 0 saturated carbocycles. The van der Waals surface area contributed by atoms with Crippen LogP contribution in [0.5, 0.6) is 0 Å². The lowest BCUT2D eigenvalue weighted by Gasteiger charge is -2.19. The van der Waals surface area contributed by atoms with E-state index in [1.807, 2.05) is 13.8 Å². The zero-order valence-electron chi connectivity index (χ0n) is 22.9. The largest absolute Gasteiger partial charge is 0.0683 e. The van der Waals surface area contributed by atoms with Gasteiger partial charge in [0, 0.05) is 0 Å². The normalized spacial score (nSPS) is 11.2. The van der Waals surface area contributed by atoms with E-state index in [0.717, 1.165) is 0 Å². The number of hydrogen-bond donors (Lipinski definition) is 0. The van der Waals surface area contributed by atoms with Gasteiger partial charge in [0.15, 0.2) is 0 Å². The first-order valence-electron chi connectivity index (χ1n) is 14.2. The van der Waals surface area contributed by atoms with Crippen LogP contribution in [-0.4, -0.2) is 0 Å². The maximum Gasteiger partial charge on any atom is -0.00201 e. The van der Waals surface area contributed by atoms with Crippen molar-refractivity contribution in [3.05, 3.63) is 146 Å². The maximum atomic E-state index is 2.35. The third kappa shape index (κ3) is 3.76. The minimum Gasteiger partial charge on any atom is -0.0683 e. The van der Waals surface area contributed by atoms with Gasteiger partial charge in [-0.05, 0) is 88.2 Å². The van der Waals surface area contributed by atoms with E-state index in [4.69, 9.17) is 0 Å². The zero-order valence-corrected chi connectivity index (χ0v) is 22.9. The van der Waals surface area contributed by atoms with Crippen LogP contribution >= 0.6 is 0 Å². The lowest BCUT2D eigenvalue weighted by atomic mass is 9.84. The summed E-state index contributed by atoms with van der Waals surface area (Å²) in [5.74, 6) is 0. The molecule has 0 saturated heterocycles. The van der Waals surface area contributed by atoms with Crippen LogP contribution in [0.15, 0.2) is 146 Å². The minimum atomic E-state index is 1.25. The van der Waals surface area contributed by atoms with Gasteiger partial charge in [0.25, 0.3) is 0 Å². The van der Waals surface area contributed by atoms with E-state index < -0.39 is 0 Å². The molecule has 0 heterocycles. The predicted molar refractivity (Wildman–Crippen MR) is 176 cm³/mol. The summed E-state index contributed by atoms with van der Waals surface area (Å²) >= 11 is 0. The average Bonchev–Trinajstić information content (AvgIpc) is 3.03. The molecule has 0 heteroatoms. The summed E-state index contributed by atoms with van der Waals surface area (Å²) in [6, 6.07) is 53.3. The fourth-order valence-corrected chi connectivity index (χ4v) is 6.33. The summed E-state index contributed by atoms with van der Waals surface area (Å²) in [6.45, 7) is 4.00. The van der Waals surface area contributed by atoms with Crippen LogP contribution in [0, 0.1) is 0 Å². The Bertz CT molecular complexity index is 2110. The van der Waals surface area contributed by atoms with Crippen molar-refractivity contribution in [3.63, 3.8) is 0 Å². The number of fused-ring (bicyclic) bond motifs is 6. The molecule has 190 valence electrons. The Morgan fingerprint density at radius 1 is 0.300 bits per heavy atom. The fraction of sp³-hybridized carbons (Fsp3) is 0.0500. The van der Waals surface area contributed by atoms with Gasteiger partial charge in [-0.2, -0.15) is 0 Å². The first-order chi connectivity index (χ1) is 19.9. The molecule has 0 atom stereocenters. The van der Waals surface area contributed by atoms with Gasteiger partial charge in [-0.3, -0.25) is 0 Å². The summed E-state index contributed by atoms with van der Waals surface area (Å²) in [5, 5.41) is 12.9. The van der Waals surface area contributed by atoms with Crippen LogP contribution in [0.2, 0.25) is 0 Å².